The Bertz CT molecular complexity index is 1090. The molecule has 0 bridgehead atoms. The second-order valence-electron chi connectivity index (χ2n) is 9.55. The average molecular weight is 497 g/mol. The molecule has 8 heteroatoms. The highest BCUT2D eigenvalue weighted by atomic mass is 32.2. The van der Waals surface area contributed by atoms with Crippen LogP contribution in [0.15, 0.2) is 45.6 Å². The summed E-state index contributed by atoms with van der Waals surface area (Å²) < 4.78 is 5.21. The van der Waals surface area contributed by atoms with E-state index in [1.54, 1.807) is 0 Å². The van der Waals surface area contributed by atoms with Crippen LogP contribution in [0.5, 0.6) is 0 Å². The van der Waals surface area contributed by atoms with Gasteiger partial charge in [-0.3, -0.25) is 4.79 Å². The molecule has 0 saturated carbocycles. The van der Waals surface area contributed by atoms with Crippen molar-refractivity contribution in [1.29, 1.82) is 0 Å². The average Bonchev–Trinajstić information content (AvgIpc) is 3.43. The number of rotatable bonds is 8. The van der Waals surface area contributed by atoms with E-state index in [0.29, 0.717) is 24.6 Å². The van der Waals surface area contributed by atoms with Gasteiger partial charge in [-0.2, -0.15) is 0 Å². The Kier molecular flexibility index (Phi) is 8.02. The number of amidine groups is 1. The van der Waals surface area contributed by atoms with E-state index in [-0.39, 0.29) is 24.3 Å². The van der Waals surface area contributed by atoms with Crippen LogP contribution >= 0.6 is 11.8 Å². The number of likely N-dealkylation sites (tertiary alicyclic amines) is 1. The van der Waals surface area contributed by atoms with Gasteiger partial charge >= 0.3 is 5.97 Å². The van der Waals surface area contributed by atoms with Crippen molar-refractivity contribution in [2.24, 2.45) is 4.99 Å². The molecule has 0 aliphatic carbocycles. The van der Waals surface area contributed by atoms with Crippen molar-refractivity contribution in [3.63, 3.8) is 0 Å². The van der Waals surface area contributed by atoms with Gasteiger partial charge in [0.15, 0.2) is 5.17 Å². The van der Waals surface area contributed by atoms with Crippen molar-refractivity contribution in [3.05, 3.63) is 57.3 Å². The number of carbonyl (C=O) groups excluding carboxylic acids is 2. The Morgan fingerprint density at radius 1 is 1.29 bits per heavy atom. The van der Waals surface area contributed by atoms with Gasteiger partial charge in [-0.25, -0.2) is 9.79 Å². The number of aliphatic imine (C=N–C) groups is 1. The minimum absolute atomic E-state index is 0.0111. The lowest BCUT2D eigenvalue weighted by atomic mass is 9.89. The number of amides is 1. The van der Waals surface area contributed by atoms with Gasteiger partial charge in [0, 0.05) is 18.3 Å². The topological polar surface area (TPSA) is 74.2 Å². The summed E-state index contributed by atoms with van der Waals surface area (Å²) in [7, 11) is 3.56. The monoisotopic (exact) mass is 496 g/mol. The van der Waals surface area contributed by atoms with Crippen LogP contribution in [0.2, 0.25) is 0 Å². The van der Waals surface area contributed by atoms with Gasteiger partial charge in [-0.1, -0.05) is 42.4 Å². The molecule has 4 rings (SSSR count). The molecule has 3 aliphatic heterocycles. The molecule has 7 nitrogen and oxygen atoms in total. The molecular formula is C27H36N4O3S. The van der Waals surface area contributed by atoms with Crippen LogP contribution in [-0.4, -0.2) is 60.1 Å². The molecule has 1 fully saturated rings. The summed E-state index contributed by atoms with van der Waals surface area (Å²) in [5, 5.41) is 5.90. The van der Waals surface area contributed by atoms with E-state index >= 15 is 0 Å². The molecule has 35 heavy (non-hydrogen) atoms. The van der Waals surface area contributed by atoms with E-state index < -0.39 is 0 Å². The predicted molar refractivity (Wildman–Crippen MR) is 141 cm³/mol. The number of fused-ring (bicyclic) bond motifs is 1. The molecule has 0 radical (unpaired) electrons. The number of hydrogen-bond donors (Lipinski definition) is 1. The standard InChI is InChI=1S/C27H36N4O3S/c1-6-22-24(26(33)34-5)25(21-10-9-17(2)14-18(21)3)31-20(16-35-27(31)29-22)15-23(32)28-12-11-19-8-7-13-30(19)4/h9-10,14,16,19,25H,6-8,11-13,15H2,1-5H3,(H,28,32)/t19-,25-/m0/s1. The van der Waals surface area contributed by atoms with Gasteiger partial charge < -0.3 is 19.9 Å². The molecule has 0 aromatic heterocycles. The maximum Gasteiger partial charge on any atom is 0.338 e. The minimum atomic E-state index is -0.383. The smallest absolute Gasteiger partial charge is 0.338 e. The fraction of sp³-hybridized carbons (Fsp3) is 0.519. The second kappa shape index (κ2) is 11.0. The van der Waals surface area contributed by atoms with E-state index in [0.717, 1.165) is 46.2 Å². The van der Waals surface area contributed by atoms with Crippen molar-refractivity contribution in [2.75, 3.05) is 27.2 Å². The first kappa shape index (κ1) is 25.5. The summed E-state index contributed by atoms with van der Waals surface area (Å²) in [4.78, 5) is 35.2. The number of aryl methyl sites for hydroxylation is 2. The van der Waals surface area contributed by atoms with Gasteiger partial charge in [-0.15, -0.1) is 0 Å². The largest absolute Gasteiger partial charge is 0.466 e. The normalized spacial score (nSPS) is 22.1. The van der Waals surface area contributed by atoms with E-state index in [4.69, 9.17) is 9.73 Å². The van der Waals surface area contributed by atoms with Gasteiger partial charge in [0.2, 0.25) is 5.91 Å². The molecular weight excluding hydrogens is 460 g/mol. The Morgan fingerprint density at radius 2 is 2.09 bits per heavy atom. The molecule has 1 N–H and O–H groups in total. The van der Waals surface area contributed by atoms with Gasteiger partial charge in [0.05, 0.1) is 30.8 Å². The van der Waals surface area contributed by atoms with Crippen molar-refractivity contribution in [2.45, 2.75) is 65.0 Å². The number of allylic oxidation sites excluding steroid dienone is 1. The van der Waals surface area contributed by atoms with Crippen LogP contribution in [-0.2, 0) is 14.3 Å². The number of carbonyl (C=O) groups is 2. The molecule has 3 aliphatic rings. The predicted octanol–water partition coefficient (Wildman–Crippen LogP) is 4.43. The Morgan fingerprint density at radius 3 is 2.74 bits per heavy atom. The summed E-state index contributed by atoms with van der Waals surface area (Å²) in [6.45, 7) is 7.93. The maximum atomic E-state index is 13.0. The number of nitrogens with zero attached hydrogens (tertiary/aromatic N) is 3. The Hall–Kier alpha value is -2.58. The maximum absolute atomic E-state index is 13.0. The van der Waals surface area contributed by atoms with E-state index in [1.807, 2.05) is 12.3 Å². The Balaban J connectivity index is 1.58. The zero-order valence-corrected chi connectivity index (χ0v) is 22.2. The van der Waals surface area contributed by atoms with Crippen LogP contribution in [0.4, 0.5) is 0 Å². The zero-order valence-electron chi connectivity index (χ0n) is 21.4. The first-order valence-electron chi connectivity index (χ1n) is 12.4. The van der Waals surface area contributed by atoms with Crippen molar-refractivity contribution in [1.82, 2.24) is 15.1 Å². The SMILES string of the molecule is CCC1=C(C(=O)OC)[C@H](c2ccc(C)cc2C)N2C(CC(=O)NCC[C@@H]3CCCN3C)=CSC2=N1. The summed E-state index contributed by atoms with van der Waals surface area (Å²) in [5.74, 6) is -0.390. The number of esters is 1. The van der Waals surface area contributed by atoms with Crippen molar-refractivity contribution < 1.29 is 14.3 Å². The molecule has 1 saturated heterocycles. The van der Waals surface area contributed by atoms with Crippen LogP contribution in [0, 0.1) is 13.8 Å². The highest BCUT2D eigenvalue weighted by Crippen LogP contribution is 2.46. The lowest BCUT2D eigenvalue weighted by Gasteiger charge is -2.37. The highest BCUT2D eigenvalue weighted by molar-refractivity contribution is 8.16. The number of ether oxygens (including phenoxy) is 1. The molecule has 0 unspecified atom stereocenters. The van der Waals surface area contributed by atoms with Crippen molar-refractivity contribution >= 4 is 28.8 Å². The van der Waals surface area contributed by atoms with E-state index in [1.165, 1.54) is 31.7 Å². The van der Waals surface area contributed by atoms with Crippen LogP contribution in [0.1, 0.15) is 61.8 Å². The lowest BCUT2D eigenvalue weighted by Crippen LogP contribution is -2.38. The molecule has 1 aromatic rings. The highest BCUT2D eigenvalue weighted by Gasteiger charge is 2.42. The van der Waals surface area contributed by atoms with Gasteiger partial charge in [0.25, 0.3) is 0 Å². The van der Waals surface area contributed by atoms with Gasteiger partial charge in [-0.05, 0) is 69.7 Å². The fourth-order valence-corrected chi connectivity index (χ4v) is 6.23. The summed E-state index contributed by atoms with van der Waals surface area (Å²) in [6.07, 6.45) is 4.25. The lowest BCUT2D eigenvalue weighted by molar-refractivity contribution is -0.136. The third-order valence-corrected chi connectivity index (χ3v) is 8.05. The third-order valence-electron chi connectivity index (χ3n) is 7.16. The first-order valence-corrected chi connectivity index (χ1v) is 13.3. The number of hydrogen-bond acceptors (Lipinski definition) is 7. The van der Waals surface area contributed by atoms with E-state index in [9.17, 15) is 9.59 Å². The third kappa shape index (κ3) is 5.33. The number of benzene rings is 1. The van der Waals surface area contributed by atoms with Crippen LogP contribution < -0.4 is 5.32 Å². The van der Waals surface area contributed by atoms with E-state index in [2.05, 4.69) is 54.2 Å². The summed E-state index contributed by atoms with van der Waals surface area (Å²) in [5.41, 5.74) is 5.41. The number of methoxy groups -OCH3 is 1. The molecule has 188 valence electrons. The van der Waals surface area contributed by atoms with Crippen molar-refractivity contribution in [3.8, 4) is 0 Å². The second-order valence-corrected chi connectivity index (χ2v) is 10.4. The molecule has 0 spiro atoms. The van der Waals surface area contributed by atoms with Crippen LogP contribution in [0.25, 0.3) is 0 Å². The fourth-order valence-electron chi connectivity index (χ4n) is 5.29. The van der Waals surface area contributed by atoms with Crippen LogP contribution in [0.3, 0.4) is 0 Å². The quantitative estimate of drug-likeness (QED) is 0.537. The molecule has 1 amide bonds. The first-order chi connectivity index (χ1) is 16.8. The molecule has 2 atom stereocenters. The zero-order chi connectivity index (χ0) is 25.1. The summed E-state index contributed by atoms with van der Waals surface area (Å²) in [6, 6.07) is 6.43. The summed E-state index contributed by atoms with van der Waals surface area (Å²) >= 11 is 1.51. The molecule has 3 heterocycles. The number of thioether (sulfide) groups is 1. The Labute approximate surface area is 212 Å². The minimum Gasteiger partial charge on any atom is -0.466 e. The molecule has 1 aromatic carbocycles. The van der Waals surface area contributed by atoms with Gasteiger partial charge in [0.1, 0.15) is 0 Å². The number of nitrogens with one attached hydrogen (secondary N) is 1.